The summed E-state index contributed by atoms with van der Waals surface area (Å²) in [6.45, 7) is 9.48. The standard InChI is InChI=1S/C35H70N2/c1-4-7-9-11-13-15-17-18-19-20-21-23-25-27-29-32-37-34-33-36(35(37)30-6-3)31-28-26-24-22-16-14-12-10-8-5-2/h33-35H,4-32H2,1-3H3. The molecule has 1 rings (SSSR count). The predicted molar refractivity (Wildman–Crippen MR) is 168 cm³/mol. The van der Waals surface area contributed by atoms with Crippen LogP contribution in [0.15, 0.2) is 12.4 Å². The summed E-state index contributed by atoms with van der Waals surface area (Å²) in [4.78, 5) is 5.31. The summed E-state index contributed by atoms with van der Waals surface area (Å²) in [6, 6.07) is 0. The number of hydrogen-bond donors (Lipinski definition) is 0. The summed E-state index contributed by atoms with van der Waals surface area (Å²) in [5.41, 5.74) is 0. The second kappa shape index (κ2) is 26.9. The van der Waals surface area contributed by atoms with Gasteiger partial charge in [0.15, 0.2) is 0 Å². The van der Waals surface area contributed by atoms with Crippen LogP contribution in [-0.4, -0.2) is 29.1 Å². The van der Waals surface area contributed by atoms with Crippen molar-refractivity contribution in [3.05, 3.63) is 12.4 Å². The number of unbranched alkanes of at least 4 members (excludes halogenated alkanes) is 23. The van der Waals surface area contributed by atoms with E-state index in [0.29, 0.717) is 6.17 Å². The number of nitrogens with zero attached hydrogens (tertiary/aromatic N) is 2. The van der Waals surface area contributed by atoms with Crippen molar-refractivity contribution in [1.82, 2.24) is 9.80 Å². The van der Waals surface area contributed by atoms with Crippen molar-refractivity contribution in [2.45, 2.75) is 200 Å². The second-order valence-corrected chi connectivity index (χ2v) is 12.2. The van der Waals surface area contributed by atoms with Crippen LogP contribution < -0.4 is 0 Å². The van der Waals surface area contributed by atoms with Gasteiger partial charge < -0.3 is 9.80 Å². The van der Waals surface area contributed by atoms with Crippen LogP contribution in [0.2, 0.25) is 0 Å². The minimum atomic E-state index is 0.634. The van der Waals surface area contributed by atoms with E-state index in [1.54, 1.807) is 0 Å². The molecule has 2 nitrogen and oxygen atoms in total. The summed E-state index contributed by atoms with van der Waals surface area (Å²) in [5.74, 6) is 0. The molecule has 1 unspecified atom stereocenters. The van der Waals surface area contributed by atoms with E-state index in [0.717, 1.165) is 0 Å². The Hall–Kier alpha value is -0.660. The molecule has 220 valence electrons. The largest absolute Gasteiger partial charge is 0.356 e. The molecule has 0 saturated carbocycles. The molecule has 0 radical (unpaired) electrons. The fourth-order valence-electron chi connectivity index (χ4n) is 6.04. The Bertz CT molecular complexity index is 474. The third-order valence-electron chi connectivity index (χ3n) is 8.55. The van der Waals surface area contributed by atoms with Gasteiger partial charge in [-0.3, -0.25) is 0 Å². The van der Waals surface area contributed by atoms with Gasteiger partial charge in [-0.05, 0) is 19.3 Å². The monoisotopic (exact) mass is 519 g/mol. The van der Waals surface area contributed by atoms with E-state index in [-0.39, 0.29) is 0 Å². The third kappa shape index (κ3) is 20.0. The average Bonchev–Trinajstić information content (AvgIpc) is 3.28. The van der Waals surface area contributed by atoms with Crippen molar-refractivity contribution < 1.29 is 0 Å². The van der Waals surface area contributed by atoms with Gasteiger partial charge in [0.25, 0.3) is 0 Å². The molecule has 0 spiro atoms. The molecule has 0 N–H and O–H groups in total. The maximum atomic E-state index is 2.65. The maximum Gasteiger partial charge on any atom is 0.101 e. The first kappa shape index (κ1) is 34.4. The Balaban J connectivity index is 1.96. The molecule has 37 heavy (non-hydrogen) atoms. The smallest absolute Gasteiger partial charge is 0.101 e. The molecule has 0 saturated heterocycles. The van der Waals surface area contributed by atoms with E-state index in [1.807, 2.05) is 0 Å². The van der Waals surface area contributed by atoms with Gasteiger partial charge in [-0.1, -0.05) is 175 Å². The number of rotatable bonds is 29. The van der Waals surface area contributed by atoms with Crippen molar-refractivity contribution in [2.75, 3.05) is 13.1 Å². The SMILES string of the molecule is CCCCCCCCCCCCCCCCCN1C=CN(CCCCCCCCCCCC)C1CCC. The van der Waals surface area contributed by atoms with E-state index < -0.39 is 0 Å². The van der Waals surface area contributed by atoms with Crippen molar-refractivity contribution in [1.29, 1.82) is 0 Å². The van der Waals surface area contributed by atoms with Crippen LogP contribution in [0.4, 0.5) is 0 Å². The van der Waals surface area contributed by atoms with Crippen LogP contribution >= 0.6 is 0 Å². The van der Waals surface area contributed by atoms with Crippen molar-refractivity contribution >= 4 is 0 Å². The lowest BCUT2D eigenvalue weighted by Crippen LogP contribution is -2.39. The first-order valence-corrected chi connectivity index (χ1v) is 17.5. The molecule has 0 aliphatic carbocycles. The topological polar surface area (TPSA) is 6.48 Å². The lowest BCUT2D eigenvalue weighted by atomic mass is 10.0. The molecule has 0 amide bonds. The van der Waals surface area contributed by atoms with E-state index in [2.05, 4.69) is 43.0 Å². The Labute approximate surface area is 235 Å². The summed E-state index contributed by atoms with van der Waals surface area (Å²) in [7, 11) is 0. The zero-order chi connectivity index (χ0) is 26.7. The lowest BCUT2D eigenvalue weighted by Gasteiger charge is -2.33. The maximum absolute atomic E-state index is 2.65. The molecule has 2 heteroatoms. The van der Waals surface area contributed by atoms with E-state index >= 15 is 0 Å². The average molecular weight is 519 g/mol. The van der Waals surface area contributed by atoms with Gasteiger partial charge in [0.05, 0.1) is 0 Å². The lowest BCUT2D eigenvalue weighted by molar-refractivity contribution is 0.138. The van der Waals surface area contributed by atoms with Crippen LogP contribution in [0.25, 0.3) is 0 Å². The van der Waals surface area contributed by atoms with Gasteiger partial charge in [-0.25, -0.2) is 0 Å². The van der Waals surface area contributed by atoms with Crippen LogP contribution in [0.3, 0.4) is 0 Å². The zero-order valence-electron chi connectivity index (χ0n) is 26.1. The van der Waals surface area contributed by atoms with Crippen LogP contribution in [0, 0.1) is 0 Å². The molecular weight excluding hydrogens is 448 g/mol. The summed E-state index contributed by atoms with van der Waals surface area (Å²) in [5, 5.41) is 0. The van der Waals surface area contributed by atoms with E-state index in [1.165, 1.54) is 186 Å². The summed E-state index contributed by atoms with van der Waals surface area (Å²) >= 11 is 0. The molecule has 1 atom stereocenters. The fraction of sp³-hybridized carbons (Fsp3) is 0.943. The van der Waals surface area contributed by atoms with E-state index in [4.69, 9.17) is 0 Å². The zero-order valence-corrected chi connectivity index (χ0v) is 26.1. The van der Waals surface area contributed by atoms with Gasteiger partial charge in [0.2, 0.25) is 0 Å². The first-order valence-electron chi connectivity index (χ1n) is 17.5. The van der Waals surface area contributed by atoms with Crippen LogP contribution in [0.1, 0.15) is 194 Å². The first-order chi connectivity index (χ1) is 18.3. The Morgan fingerprint density at radius 1 is 0.351 bits per heavy atom. The van der Waals surface area contributed by atoms with Gasteiger partial charge in [0, 0.05) is 25.5 Å². The quantitative estimate of drug-likeness (QED) is 0.0908. The van der Waals surface area contributed by atoms with Crippen LogP contribution in [-0.2, 0) is 0 Å². The molecule has 1 aliphatic heterocycles. The highest BCUT2D eigenvalue weighted by Gasteiger charge is 2.24. The second-order valence-electron chi connectivity index (χ2n) is 12.2. The molecule has 0 aromatic rings. The molecule has 0 bridgehead atoms. The molecule has 1 aliphatic rings. The molecule has 1 heterocycles. The highest BCUT2D eigenvalue weighted by molar-refractivity contribution is 4.96. The minimum absolute atomic E-state index is 0.634. The number of hydrogen-bond acceptors (Lipinski definition) is 2. The van der Waals surface area contributed by atoms with Gasteiger partial charge in [-0.2, -0.15) is 0 Å². The fourth-order valence-corrected chi connectivity index (χ4v) is 6.04. The Morgan fingerprint density at radius 3 is 0.892 bits per heavy atom. The van der Waals surface area contributed by atoms with Gasteiger partial charge >= 0.3 is 0 Å². The highest BCUT2D eigenvalue weighted by Crippen LogP contribution is 2.22. The third-order valence-corrected chi connectivity index (χ3v) is 8.55. The predicted octanol–water partition coefficient (Wildman–Crippen LogP) is 12.0. The van der Waals surface area contributed by atoms with Gasteiger partial charge in [0.1, 0.15) is 6.17 Å². The van der Waals surface area contributed by atoms with Gasteiger partial charge in [-0.15, -0.1) is 0 Å². The van der Waals surface area contributed by atoms with Crippen molar-refractivity contribution in [2.24, 2.45) is 0 Å². The van der Waals surface area contributed by atoms with Crippen LogP contribution in [0.5, 0.6) is 0 Å². The summed E-state index contributed by atoms with van der Waals surface area (Å²) < 4.78 is 0. The molecule has 0 aromatic carbocycles. The minimum Gasteiger partial charge on any atom is -0.356 e. The van der Waals surface area contributed by atoms with E-state index in [9.17, 15) is 0 Å². The van der Waals surface area contributed by atoms with Crippen molar-refractivity contribution in [3.63, 3.8) is 0 Å². The van der Waals surface area contributed by atoms with Crippen molar-refractivity contribution in [3.8, 4) is 0 Å². The molecule has 0 aromatic heterocycles. The highest BCUT2D eigenvalue weighted by atomic mass is 15.4. The normalized spacial score (nSPS) is 15.4. The molecular formula is C35H70N2. The Morgan fingerprint density at radius 2 is 0.622 bits per heavy atom. The summed E-state index contributed by atoms with van der Waals surface area (Å²) in [6.07, 6.45) is 44.0. The molecule has 0 fully saturated rings. The Kier molecular flexibility index (Phi) is 25.0.